The Kier molecular flexibility index (Phi) is 2.82. The lowest BCUT2D eigenvalue weighted by Gasteiger charge is -2.45. The predicted molar refractivity (Wildman–Crippen MR) is 52.9 cm³/mol. The molecule has 0 radical (unpaired) electrons. The molecule has 2 fully saturated rings. The summed E-state index contributed by atoms with van der Waals surface area (Å²) >= 11 is 0. The first kappa shape index (κ1) is 10.4. The van der Waals surface area contributed by atoms with Crippen LogP contribution in [0.4, 0.5) is 0 Å². The number of aliphatic hydroxyl groups is 1. The molecule has 0 bridgehead atoms. The molecular formula is C11H20O3. The van der Waals surface area contributed by atoms with E-state index in [1.54, 1.807) is 0 Å². The van der Waals surface area contributed by atoms with Gasteiger partial charge in [-0.25, -0.2) is 0 Å². The molecule has 0 aromatic rings. The fourth-order valence-electron chi connectivity index (χ4n) is 2.17. The second-order valence-electron chi connectivity index (χ2n) is 5.02. The van der Waals surface area contributed by atoms with Crippen LogP contribution >= 0.6 is 0 Å². The molecule has 1 saturated carbocycles. The summed E-state index contributed by atoms with van der Waals surface area (Å²) in [5, 5.41) is 9.18. The first-order valence-electron chi connectivity index (χ1n) is 5.57. The molecule has 0 amide bonds. The lowest BCUT2D eigenvalue weighted by Crippen LogP contribution is -2.50. The van der Waals surface area contributed by atoms with Crippen molar-refractivity contribution in [3.05, 3.63) is 0 Å². The standard InChI is InChI=1S/C11H20O3/c1-10(7-12)8-13-11(14-9-10)5-3-2-4-6-11/h12H,2-9H2,1H3. The Bertz CT molecular complexity index is 187. The number of hydrogen-bond acceptors (Lipinski definition) is 3. The van der Waals surface area contributed by atoms with Crippen LogP contribution in [-0.4, -0.2) is 30.7 Å². The van der Waals surface area contributed by atoms with E-state index >= 15 is 0 Å². The molecule has 0 unspecified atom stereocenters. The van der Waals surface area contributed by atoms with Crippen molar-refractivity contribution in [3.63, 3.8) is 0 Å². The molecule has 2 aliphatic rings. The minimum Gasteiger partial charge on any atom is -0.396 e. The molecule has 1 spiro atoms. The van der Waals surface area contributed by atoms with Crippen LogP contribution in [-0.2, 0) is 9.47 Å². The zero-order valence-electron chi connectivity index (χ0n) is 8.92. The largest absolute Gasteiger partial charge is 0.396 e. The maximum Gasteiger partial charge on any atom is 0.168 e. The molecule has 0 aromatic carbocycles. The monoisotopic (exact) mass is 200 g/mol. The zero-order valence-corrected chi connectivity index (χ0v) is 8.92. The van der Waals surface area contributed by atoms with Gasteiger partial charge in [0.2, 0.25) is 0 Å². The molecule has 0 aromatic heterocycles. The van der Waals surface area contributed by atoms with Gasteiger partial charge in [-0.2, -0.15) is 0 Å². The van der Waals surface area contributed by atoms with Crippen molar-refractivity contribution in [2.24, 2.45) is 5.41 Å². The van der Waals surface area contributed by atoms with Crippen LogP contribution in [0, 0.1) is 5.41 Å². The molecule has 0 atom stereocenters. The zero-order chi connectivity index (χ0) is 10.1. The molecule has 1 aliphatic carbocycles. The van der Waals surface area contributed by atoms with Gasteiger partial charge >= 0.3 is 0 Å². The SMILES string of the molecule is CC1(CO)COC2(CCCCC2)OC1. The summed E-state index contributed by atoms with van der Waals surface area (Å²) in [6.07, 6.45) is 5.75. The summed E-state index contributed by atoms with van der Waals surface area (Å²) in [5.41, 5.74) is -0.192. The van der Waals surface area contributed by atoms with E-state index in [0.29, 0.717) is 13.2 Å². The Morgan fingerprint density at radius 3 is 2.14 bits per heavy atom. The second-order valence-corrected chi connectivity index (χ2v) is 5.02. The molecule has 82 valence electrons. The smallest absolute Gasteiger partial charge is 0.168 e. The van der Waals surface area contributed by atoms with Gasteiger partial charge in [-0.05, 0) is 12.8 Å². The highest BCUT2D eigenvalue weighted by Gasteiger charge is 2.42. The van der Waals surface area contributed by atoms with Crippen molar-refractivity contribution in [1.29, 1.82) is 0 Å². The summed E-state index contributed by atoms with van der Waals surface area (Å²) in [5.74, 6) is -0.299. The van der Waals surface area contributed by atoms with Crippen molar-refractivity contribution in [1.82, 2.24) is 0 Å². The number of aliphatic hydroxyl groups excluding tert-OH is 1. The fraction of sp³-hybridized carbons (Fsp3) is 1.00. The molecule has 1 aliphatic heterocycles. The van der Waals surface area contributed by atoms with E-state index in [0.717, 1.165) is 12.8 Å². The lowest BCUT2D eigenvalue weighted by molar-refractivity contribution is -0.315. The summed E-state index contributed by atoms with van der Waals surface area (Å²) in [6.45, 7) is 3.40. The third kappa shape index (κ3) is 1.95. The first-order chi connectivity index (χ1) is 6.68. The fourth-order valence-corrected chi connectivity index (χ4v) is 2.17. The predicted octanol–water partition coefficient (Wildman–Crippen LogP) is 1.69. The van der Waals surface area contributed by atoms with Gasteiger partial charge in [-0.1, -0.05) is 13.3 Å². The molecule has 3 heteroatoms. The van der Waals surface area contributed by atoms with Gasteiger partial charge in [-0.15, -0.1) is 0 Å². The van der Waals surface area contributed by atoms with E-state index in [-0.39, 0.29) is 17.8 Å². The molecule has 1 N–H and O–H groups in total. The minimum atomic E-state index is -0.299. The summed E-state index contributed by atoms with van der Waals surface area (Å²) in [7, 11) is 0. The lowest BCUT2D eigenvalue weighted by atomic mass is 9.89. The molecule has 14 heavy (non-hydrogen) atoms. The average molecular weight is 200 g/mol. The summed E-state index contributed by atoms with van der Waals surface area (Å²) in [6, 6.07) is 0. The van der Waals surface area contributed by atoms with Crippen molar-refractivity contribution in [3.8, 4) is 0 Å². The van der Waals surface area contributed by atoms with E-state index in [9.17, 15) is 5.11 Å². The van der Waals surface area contributed by atoms with E-state index in [2.05, 4.69) is 0 Å². The molecule has 1 saturated heterocycles. The highest BCUT2D eigenvalue weighted by atomic mass is 16.7. The van der Waals surface area contributed by atoms with Crippen LogP contribution in [0.5, 0.6) is 0 Å². The Morgan fingerprint density at radius 2 is 1.64 bits per heavy atom. The van der Waals surface area contributed by atoms with E-state index in [4.69, 9.17) is 9.47 Å². The van der Waals surface area contributed by atoms with Gasteiger partial charge in [-0.3, -0.25) is 0 Å². The molecule has 1 heterocycles. The Hall–Kier alpha value is -0.120. The highest BCUT2D eigenvalue weighted by Crippen LogP contribution is 2.38. The van der Waals surface area contributed by atoms with Crippen LogP contribution in [0.3, 0.4) is 0 Å². The number of rotatable bonds is 1. The van der Waals surface area contributed by atoms with Crippen LogP contribution in [0.25, 0.3) is 0 Å². The third-order valence-corrected chi connectivity index (χ3v) is 3.36. The molecule has 3 nitrogen and oxygen atoms in total. The Balaban J connectivity index is 1.93. The maximum atomic E-state index is 9.18. The topological polar surface area (TPSA) is 38.7 Å². The number of hydrogen-bond donors (Lipinski definition) is 1. The number of ether oxygens (including phenoxy) is 2. The van der Waals surface area contributed by atoms with E-state index in [1.165, 1.54) is 19.3 Å². The van der Waals surface area contributed by atoms with Crippen LogP contribution < -0.4 is 0 Å². The Morgan fingerprint density at radius 1 is 1.07 bits per heavy atom. The van der Waals surface area contributed by atoms with Gasteiger partial charge < -0.3 is 14.6 Å². The van der Waals surface area contributed by atoms with Crippen molar-refractivity contribution in [2.45, 2.75) is 44.8 Å². The normalized spacial score (nSPS) is 30.4. The van der Waals surface area contributed by atoms with Gasteiger partial charge in [0.1, 0.15) is 0 Å². The van der Waals surface area contributed by atoms with Gasteiger partial charge in [0.25, 0.3) is 0 Å². The quantitative estimate of drug-likeness (QED) is 0.700. The second kappa shape index (κ2) is 3.80. The van der Waals surface area contributed by atoms with Gasteiger partial charge in [0, 0.05) is 18.3 Å². The van der Waals surface area contributed by atoms with Gasteiger partial charge in [0.15, 0.2) is 5.79 Å². The molecule has 2 rings (SSSR count). The van der Waals surface area contributed by atoms with Gasteiger partial charge in [0.05, 0.1) is 19.8 Å². The van der Waals surface area contributed by atoms with Crippen molar-refractivity contribution < 1.29 is 14.6 Å². The average Bonchev–Trinajstić information content (AvgIpc) is 2.25. The highest BCUT2D eigenvalue weighted by molar-refractivity contribution is 4.84. The van der Waals surface area contributed by atoms with Crippen LogP contribution in [0.1, 0.15) is 39.0 Å². The molecular weight excluding hydrogens is 180 g/mol. The van der Waals surface area contributed by atoms with Crippen molar-refractivity contribution in [2.75, 3.05) is 19.8 Å². The third-order valence-electron chi connectivity index (χ3n) is 3.36. The van der Waals surface area contributed by atoms with Crippen LogP contribution in [0.15, 0.2) is 0 Å². The summed E-state index contributed by atoms with van der Waals surface area (Å²) in [4.78, 5) is 0. The Labute approximate surface area is 85.4 Å². The first-order valence-corrected chi connectivity index (χ1v) is 5.57. The van der Waals surface area contributed by atoms with Crippen molar-refractivity contribution >= 4 is 0 Å². The van der Waals surface area contributed by atoms with E-state index < -0.39 is 0 Å². The van der Waals surface area contributed by atoms with Crippen LogP contribution in [0.2, 0.25) is 0 Å². The maximum absolute atomic E-state index is 9.18. The summed E-state index contributed by atoms with van der Waals surface area (Å²) < 4.78 is 11.7. The minimum absolute atomic E-state index is 0.142. The van der Waals surface area contributed by atoms with E-state index in [1.807, 2.05) is 6.92 Å².